The summed E-state index contributed by atoms with van der Waals surface area (Å²) in [6, 6.07) is -0.159. The highest BCUT2D eigenvalue weighted by Gasteiger charge is 2.40. The third-order valence-electron chi connectivity index (χ3n) is 5.06. The molecule has 112 valence electrons. The summed E-state index contributed by atoms with van der Waals surface area (Å²) in [6.45, 7) is 7.77. The molecule has 20 heavy (non-hydrogen) atoms. The minimum absolute atomic E-state index is 0.159. The minimum Gasteiger partial charge on any atom is -0.340 e. The highest BCUT2D eigenvalue weighted by atomic mass is 16.2. The third kappa shape index (κ3) is 2.55. The Hall–Kier alpha value is -1.10. The first-order chi connectivity index (χ1) is 9.69. The largest absolute Gasteiger partial charge is 0.340 e. The molecular weight excluding hydrogens is 254 g/mol. The second-order valence-electron chi connectivity index (χ2n) is 6.33. The van der Waals surface area contributed by atoms with Crippen LogP contribution in [0.5, 0.6) is 0 Å². The molecule has 0 aromatic rings. The molecule has 2 amide bonds. The van der Waals surface area contributed by atoms with Crippen LogP contribution in [0.25, 0.3) is 0 Å². The fraction of sp³-hybridized carbons (Fsp3) is 0.867. The zero-order valence-electron chi connectivity index (χ0n) is 12.4. The van der Waals surface area contributed by atoms with Crippen molar-refractivity contribution in [3.8, 4) is 0 Å². The maximum Gasteiger partial charge on any atom is 0.245 e. The van der Waals surface area contributed by atoms with Crippen LogP contribution in [-0.4, -0.2) is 71.8 Å². The van der Waals surface area contributed by atoms with E-state index in [1.165, 1.54) is 6.42 Å². The van der Waals surface area contributed by atoms with E-state index in [1.54, 1.807) is 0 Å². The van der Waals surface area contributed by atoms with Gasteiger partial charge in [-0.15, -0.1) is 0 Å². The molecule has 3 fully saturated rings. The number of likely N-dealkylation sites (tertiary alicyclic amines) is 1. The average Bonchev–Trinajstić information content (AvgIpc) is 3.08. The zero-order valence-corrected chi connectivity index (χ0v) is 12.4. The SMILES string of the molecule is CCN1CCC(CN2CCC(=O)N3CCCC3C2=O)C1. The predicted molar refractivity (Wildman–Crippen MR) is 76.2 cm³/mol. The van der Waals surface area contributed by atoms with E-state index in [0.717, 1.165) is 45.6 Å². The van der Waals surface area contributed by atoms with E-state index in [9.17, 15) is 9.59 Å². The third-order valence-corrected chi connectivity index (χ3v) is 5.06. The van der Waals surface area contributed by atoms with Crippen LogP contribution in [0.1, 0.15) is 32.6 Å². The van der Waals surface area contributed by atoms with Gasteiger partial charge in [0, 0.05) is 32.6 Å². The summed E-state index contributed by atoms with van der Waals surface area (Å²) in [5, 5.41) is 0. The molecule has 0 saturated carbocycles. The lowest BCUT2D eigenvalue weighted by Gasteiger charge is -2.27. The number of hydrogen-bond acceptors (Lipinski definition) is 3. The van der Waals surface area contributed by atoms with Crippen LogP contribution in [0.15, 0.2) is 0 Å². The van der Waals surface area contributed by atoms with Crippen LogP contribution in [0.3, 0.4) is 0 Å². The molecule has 3 aliphatic heterocycles. The molecule has 3 heterocycles. The van der Waals surface area contributed by atoms with Crippen LogP contribution in [0, 0.1) is 5.92 Å². The summed E-state index contributed by atoms with van der Waals surface area (Å²) in [6.07, 6.45) is 3.52. The Morgan fingerprint density at radius 2 is 2.00 bits per heavy atom. The maximum atomic E-state index is 12.6. The van der Waals surface area contributed by atoms with Crippen molar-refractivity contribution in [2.24, 2.45) is 5.92 Å². The van der Waals surface area contributed by atoms with Gasteiger partial charge in [0.1, 0.15) is 6.04 Å². The Balaban J connectivity index is 1.64. The first-order valence-corrected chi connectivity index (χ1v) is 7.99. The fourth-order valence-corrected chi connectivity index (χ4v) is 3.86. The summed E-state index contributed by atoms with van der Waals surface area (Å²) in [5.41, 5.74) is 0. The van der Waals surface area contributed by atoms with Gasteiger partial charge in [-0.2, -0.15) is 0 Å². The summed E-state index contributed by atoms with van der Waals surface area (Å²) >= 11 is 0. The number of rotatable bonds is 3. The average molecular weight is 279 g/mol. The summed E-state index contributed by atoms with van der Waals surface area (Å²) in [7, 11) is 0. The van der Waals surface area contributed by atoms with Crippen LogP contribution in [-0.2, 0) is 9.59 Å². The Bertz CT molecular complexity index is 399. The maximum absolute atomic E-state index is 12.6. The highest BCUT2D eigenvalue weighted by Crippen LogP contribution is 2.25. The number of amides is 2. The van der Waals surface area contributed by atoms with Crippen molar-refractivity contribution in [1.82, 2.24) is 14.7 Å². The fourth-order valence-electron chi connectivity index (χ4n) is 3.86. The quantitative estimate of drug-likeness (QED) is 0.758. The topological polar surface area (TPSA) is 43.9 Å². The van der Waals surface area contributed by atoms with Crippen LogP contribution < -0.4 is 0 Å². The molecule has 0 aromatic heterocycles. The molecule has 3 saturated heterocycles. The molecule has 0 radical (unpaired) electrons. The van der Waals surface area contributed by atoms with Crippen LogP contribution in [0.4, 0.5) is 0 Å². The van der Waals surface area contributed by atoms with Gasteiger partial charge < -0.3 is 14.7 Å². The Morgan fingerprint density at radius 3 is 2.75 bits per heavy atom. The monoisotopic (exact) mass is 279 g/mol. The zero-order chi connectivity index (χ0) is 14.1. The van der Waals surface area contributed by atoms with Crippen molar-refractivity contribution < 1.29 is 9.59 Å². The van der Waals surface area contributed by atoms with Crippen LogP contribution >= 0.6 is 0 Å². The lowest BCUT2D eigenvalue weighted by atomic mass is 10.1. The standard InChI is InChI=1S/C15H25N3O2/c1-2-16-8-5-12(10-16)11-17-9-6-14(19)18-7-3-4-13(18)15(17)20/h12-13H,2-11H2,1H3. The molecule has 2 unspecified atom stereocenters. The van der Waals surface area contributed by atoms with Gasteiger partial charge in [0.15, 0.2) is 0 Å². The molecular formula is C15H25N3O2. The number of hydrogen-bond donors (Lipinski definition) is 0. The van der Waals surface area contributed by atoms with Gasteiger partial charge in [-0.3, -0.25) is 9.59 Å². The lowest BCUT2D eigenvalue weighted by Crippen LogP contribution is -2.45. The predicted octanol–water partition coefficient (Wildman–Crippen LogP) is 0.552. The van der Waals surface area contributed by atoms with Crippen molar-refractivity contribution in [3.63, 3.8) is 0 Å². The molecule has 0 aliphatic carbocycles. The number of fused-ring (bicyclic) bond motifs is 1. The van der Waals surface area contributed by atoms with Crippen molar-refractivity contribution >= 4 is 11.8 Å². The van der Waals surface area contributed by atoms with E-state index in [-0.39, 0.29) is 17.9 Å². The van der Waals surface area contributed by atoms with E-state index in [1.807, 2.05) is 9.80 Å². The first-order valence-electron chi connectivity index (χ1n) is 7.99. The van der Waals surface area contributed by atoms with E-state index in [2.05, 4.69) is 11.8 Å². The number of carbonyl (C=O) groups is 2. The Morgan fingerprint density at radius 1 is 1.15 bits per heavy atom. The lowest BCUT2D eigenvalue weighted by molar-refractivity contribution is -0.139. The highest BCUT2D eigenvalue weighted by molar-refractivity contribution is 5.90. The Labute approximate surface area is 120 Å². The molecule has 0 aromatic carbocycles. The number of nitrogens with zero attached hydrogens (tertiary/aromatic N) is 3. The van der Waals surface area contributed by atoms with Crippen LogP contribution in [0.2, 0.25) is 0 Å². The molecule has 0 spiro atoms. The van der Waals surface area contributed by atoms with Crippen molar-refractivity contribution in [2.45, 2.75) is 38.6 Å². The van der Waals surface area contributed by atoms with Crippen molar-refractivity contribution in [1.29, 1.82) is 0 Å². The number of carbonyl (C=O) groups excluding carboxylic acids is 2. The van der Waals surface area contributed by atoms with Gasteiger partial charge in [0.25, 0.3) is 0 Å². The van der Waals surface area contributed by atoms with Gasteiger partial charge in [-0.1, -0.05) is 6.92 Å². The molecule has 3 rings (SSSR count). The second-order valence-corrected chi connectivity index (χ2v) is 6.33. The summed E-state index contributed by atoms with van der Waals surface area (Å²) in [5.74, 6) is 0.954. The first kappa shape index (κ1) is 13.9. The molecule has 0 N–H and O–H groups in total. The molecule has 2 atom stereocenters. The van der Waals surface area contributed by atoms with Gasteiger partial charge >= 0.3 is 0 Å². The molecule has 0 bridgehead atoms. The Kier molecular flexibility index (Phi) is 3.96. The van der Waals surface area contributed by atoms with Crippen molar-refractivity contribution in [3.05, 3.63) is 0 Å². The molecule has 5 heteroatoms. The summed E-state index contributed by atoms with van der Waals surface area (Å²) < 4.78 is 0. The van der Waals surface area contributed by atoms with Gasteiger partial charge in [0.05, 0.1) is 0 Å². The van der Waals surface area contributed by atoms with E-state index in [4.69, 9.17) is 0 Å². The molecule has 3 aliphatic rings. The van der Waals surface area contributed by atoms with Crippen molar-refractivity contribution in [2.75, 3.05) is 39.3 Å². The normalized spacial score (nSPS) is 31.9. The van der Waals surface area contributed by atoms with E-state index < -0.39 is 0 Å². The second kappa shape index (κ2) is 5.72. The van der Waals surface area contributed by atoms with Gasteiger partial charge in [-0.05, 0) is 38.3 Å². The van der Waals surface area contributed by atoms with Gasteiger partial charge in [-0.25, -0.2) is 0 Å². The van der Waals surface area contributed by atoms with E-state index in [0.29, 0.717) is 18.9 Å². The summed E-state index contributed by atoms with van der Waals surface area (Å²) in [4.78, 5) is 30.9. The smallest absolute Gasteiger partial charge is 0.245 e. The van der Waals surface area contributed by atoms with E-state index >= 15 is 0 Å². The molecule has 5 nitrogen and oxygen atoms in total. The van der Waals surface area contributed by atoms with Gasteiger partial charge in [0.2, 0.25) is 11.8 Å². The minimum atomic E-state index is -0.159.